The van der Waals surface area contributed by atoms with Crippen molar-refractivity contribution in [2.24, 2.45) is 7.05 Å². The minimum absolute atomic E-state index is 0.295. The van der Waals surface area contributed by atoms with Crippen LogP contribution in [0.4, 0.5) is 0 Å². The lowest BCUT2D eigenvalue weighted by Gasteiger charge is -2.05. The standard InChI is InChI=1S/C10H12BN3O3/c1-14-3-2-9(13-14)7-17-10-4-8(11(15)16)5-12-6-10/h2-6,15-16H,7H2,1H3. The Bertz CT molecular complexity index is 501. The zero-order valence-corrected chi connectivity index (χ0v) is 9.32. The predicted octanol–water partition coefficient (Wildman–Crippen LogP) is -0.926. The number of hydrogen-bond acceptors (Lipinski definition) is 5. The van der Waals surface area contributed by atoms with Gasteiger partial charge in [-0.2, -0.15) is 5.10 Å². The maximum Gasteiger partial charge on any atom is 0.490 e. The molecular weight excluding hydrogens is 221 g/mol. The van der Waals surface area contributed by atoms with Gasteiger partial charge in [0.25, 0.3) is 0 Å². The molecule has 2 N–H and O–H groups in total. The Morgan fingerprint density at radius 1 is 1.41 bits per heavy atom. The van der Waals surface area contributed by atoms with E-state index >= 15 is 0 Å². The van der Waals surface area contributed by atoms with Crippen LogP contribution in [0.3, 0.4) is 0 Å². The first-order chi connectivity index (χ1) is 8.15. The molecule has 2 rings (SSSR count). The molecule has 2 heterocycles. The summed E-state index contributed by atoms with van der Waals surface area (Å²) in [5.74, 6) is 0.473. The van der Waals surface area contributed by atoms with Gasteiger partial charge in [0, 0.05) is 24.9 Å². The van der Waals surface area contributed by atoms with E-state index in [-0.39, 0.29) is 0 Å². The van der Waals surface area contributed by atoms with Crippen molar-refractivity contribution in [1.82, 2.24) is 14.8 Å². The van der Waals surface area contributed by atoms with Crippen molar-refractivity contribution in [3.63, 3.8) is 0 Å². The maximum absolute atomic E-state index is 8.98. The number of pyridine rings is 1. The zero-order chi connectivity index (χ0) is 12.3. The molecule has 0 amide bonds. The van der Waals surface area contributed by atoms with Gasteiger partial charge in [-0.3, -0.25) is 9.67 Å². The van der Waals surface area contributed by atoms with Crippen molar-refractivity contribution >= 4 is 12.6 Å². The van der Waals surface area contributed by atoms with Crippen LogP contribution in [0.5, 0.6) is 5.75 Å². The van der Waals surface area contributed by atoms with Gasteiger partial charge in [-0.25, -0.2) is 0 Å². The van der Waals surface area contributed by atoms with E-state index < -0.39 is 7.12 Å². The topological polar surface area (TPSA) is 80.4 Å². The van der Waals surface area contributed by atoms with E-state index in [9.17, 15) is 0 Å². The quantitative estimate of drug-likeness (QED) is 0.667. The van der Waals surface area contributed by atoms with Crippen LogP contribution in [-0.4, -0.2) is 31.9 Å². The summed E-state index contributed by atoms with van der Waals surface area (Å²) in [6.45, 7) is 0.313. The van der Waals surface area contributed by atoms with Gasteiger partial charge >= 0.3 is 7.12 Å². The fourth-order valence-corrected chi connectivity index (χ4v) is 1.35. The first-order valence-electron chi connectivity index (χ1n) is 5.07. The van der Waals surface area contributed by atoms with Gasteiger partial charge < -0.3 is 14.8 Å². The molecule has 0 atom stereocenters. The molecule has 0 saturated heterocycles. The third-order valence-electron chi connectivity index (χ3n) is 2.19. The Morgan fingerprint density at radius 2 is 2.24 bits per heavy atom. The highest BCUT2D eigenvalue weighted by atomic mass is 16.5. The number of nitrogens with zero attached hydrogens (tertiary/aromatic N) is 3. The molecule has 7 heteroatoms. The average Bonchev–Trinajstić information content (AvgIpc) is 2.73. The van der Waals surface area contributed by atoms with Crippen molar-refractivity contribution in [2.75, 3.05) is 0 Å². The fraction of sp³-hybridized carbons (Fsp3) is 0.200. The second-order valence-electron chi connectivity index (χ2n) is 3.60. The lowest BCUT2D eigenvalue weighted by molar-refractivity contribution is 0.299. The van der Waals surface area contributed by atoms with Crippen LogP contribution in [0, 0.1) is 0 Å². The second kappa shape index (κ2) is 4.98. The summed E-state index contributed by atoms with van der Waals surface area (Å²) in [5, 5.41) is 22.1. The molecule has 17 heavy (non-hydrogen) atoms. The van der Waals surface area contributed by atoms with Gasteiger partial charge in [0.2, 0.25) is 0 Å². The van der Waals surface area contributed by atoms with E-state index in [4.69, 9.17) is 14.8 Å². The molecule has 2 aromatic rings. The van der Waals surface area contributed by atoms with E-state index in [1.165, 1.54) is 18.5 Å². The third-order valence-corrected chi connectivity index (χ3v) is 2.19. The molecule has 0 saturated carbocycles. The first kappa shape index (κ1) is 11.6. The zero-order valence-electron chi connectivity index (χ0n) is 9.32. The first-order valence-corrected chi connectivity index (χ1v) is 5.07. The van der Waals surface area contributed by atoms with Crippen molar-refractivity contribution in [3.05, 3.63) is 36.4 Å². The summed E-state index contributed by atoms with van der Waals surface area (Å²) in [6, 6.07) is 3.37. The number of aromatic nitrogens is 3. The highest BCUT2D eigenvalue weighted by Gasteiger charge is 2.12. The SMILES string of the molecule is Cn1ccc(COc2cncc(B(O)O)c2)n1. The fourth-order valence-electron chi connectivity index (χ4n) is 1.35. The molecule has 2 aromatic heterocycles. The van der Waals surface area contributed by atoms with Gasteiger partial charge in [-0.15, -0.1) is 0 Å². The molecule has 6 nitrogen and oxygen atoms in total. The monoisotopic (exact) mass is 233 g/mol. The molecule has 0 aliphatic carbocycles. The summed E-state index contributed by atoms with van der Waals surface area (Å²) in [6.07, 6.45) is 4.71. The smallest absolute Gasteiger partial charge is 0.486 e. The Balaban J connectivity index is 2.01. The Kier molecular flexibility index (Phi) is 3.41. The highest BCUT2D eigenvalue weighted by molar-refractivity contribution is 6.58. The summed E-state index contributed by atoms with van der Waals surface area (Å²) in [4.78, 5) is 3.85. The van der Waals surface area contributed by atoms with Crippen molar-refractivity contribution in [3.8, 4) is 5.75 Å². The van der Waals surface area contributed by atoms with Gasteiger partial charge in [0.1, 0.15) is 12.4 Å². The maximum atomic E-state index is 8.98. The van der Waals surface area contributed by atoms with Crippen LogP contribution < -0.4 is 10.2 Å². The lowest BCUT2D eigenvalue weighted by Crippen LogP contribution is -2.30. The number of hydrogen-bond donors (Lipinski definition) is 2. The predicted molar refractivity (Wildman–Crippen MR) is 61.6 cm³/mol. The van der Waals surface area contributed by atoms with Crippen LogP contribution >= 0.6 is 0 Å². The number of rotatable bonds is 4. The van der Waals surface area contributed by atoms with E-state index in [0.717, 1.165) is 5.69 Å². The van der Waals surface area contributed by atoms with Crippen molar-refractivity contribution in [1.29, 1.82) is 0 Å². The molecular formula is C10H12BN3O3. The van der Waals surface area contributed by atoms with Crippen molar-refractivity contribution in [2.45, 2.75) is 6.61 Å². The summed E-state index contributed by atoms with van der Waals surface area (Å²) >= 11 is 0. The largest absolute Gasteiger partial charge is 0.490 e. The molecule has 0 radical (unpaired) electrons. The van der Waals surface area contributed by atoms with Crippen LogP contribution in [0.15, 0.2) is 30.7 Å². The van der Waals surface area contributed by atoms with E-state index in [1.54, 1.807) is 4.68 Å². The Hall–Kier alpha value is -1.86. The minimum Gasteiger partial charge on any atom is -0.486 e. The molecule has 0 aliphatic heterocycles. The van der Waals surface area contributed by atoms with E-state index in [1.807, 2.05) is 19.3 Å². The molecule has 0 aliphatic rings. The number of ether oxygens (including phenoxy) is 1. The molecule has 0 aromatic carbocycles. The van der Waals surface area contributed by atoms with Crippen LogP contribution in [0.1, 0.15) is 5.69 Å². The van der Waals surface area contributed by atoms with Crippen LogP contribution in [0.25, 0.3) is 0 Å². The average molecular weight is 233 g/mol. The lowest BCUT2D eigenvalue weighted by atomic mass is 9.82. The van der Waals surface area contributed by atoms with Crippen LogP contribution in [-0.2, 0) is 13.7 Å². The van der Waals surface area contributed by atoms with Crippen LogP contribution in [0.2, 0.25) is 0 Å². The van der Waals surface area contributed by atoms with E-state index in [2.05, 4.69) is 10.1 Å². The minimum atomic E-state index is -1.54. The third kappa shape index (κ3) is 3.05. The molecule has 88 valence electrons. The molecule has 0 fully saturated rings. The Morgan fingerprint density at radius 3 is 2.88 bits per heavy atom. The molecule has 0 bridgehead atoms. The normalized spacial score (nSPS) is 10.3. The summed E-state index contributed by atoms with van der Waals surface area (Å²) in [7, 11) is 0.286. The molecule has 0 spiro atoms. The number of aryl methyl sites for hydroxylation is 1. The molecule has 0 unspecified atom stereocenters. The summed E-state index contributed by atoms with van der Waals surface area (Å²) < 4.78 is 7.12. The highest BCUT2D eigenvalue weighted by Crippen LogP contribution is 2.08. The van der Waals surface area contributed by atoms with Gasteiger partial charge in [0.05, 0.1) is 11.9 Å². The van der Waals surface area contributed by atoms with Gasteiger partial charge in [-0.05, 0) is 12.1 Å². The van der Waals surface area contributed by atoms with Gasteiger partial charge in [-0.1, -0.05) is 0 Å². The summed E-state index contributed by atoms with van der Waals surface area (Å²) in [5.41, 5.74) is 1.09. The van der Waals surface area contributed by atoms with E-state index in [0.29, 0.717) is 17.8 Å². The van der Waals surface area contributed by atoms with Crippen molar-refractivity contribution < 1.29 is 14.8 Å². The Labute approximate surface area is 98.6 Å². The van der Waals surface area contributed by atoms with Gasteiger partial charge in [0.15, 0.2) is 0 Å². The second-order valence-corrected chi connectivity index (χ2v) is 3.60.